The SMILES string of the molecule is CC1(C)c2ccccc2-c2c(-c3ccc(-n4c5ccccc5c5ccccc54)cc3)c3c(c(N(c4ccccc4)c4ccccc4)c21)C(C)(C)c1ccccc1-3. The topological polar surface area (TPSA) is 8.17 Å². The first-order chi connectivity index (χ1) is 27.4. The fourth-order valence-electron chi connectivity index (χ4n) is 10.3. The average molecular weight is 719 g/mol. The highest BCUT2D eigenvalue weighted by molar-refractivity contribution is 6.11. The van der Waals surface area contributed by atoms with Gasteiger partial charge in [-0.25, -0.2) is 0 Å². The van der Waals surface area contributed by atoms with Gasteiger partial charge in [-0.1, -0.05) is 161 Å². The third kappa shape index (κ3) is 4.44. The van der Waals surface area contributed by atoms with Crippen molar-refractivity contribution in [1.82, 2.24) is 4.57 Å². The minimum atomic E-state index is -0.277. The quantitative estimate of drug-likeness (QED) is 0.172. The molecular formula is C54H42N2. The summed E-state index contributed by atoms with van der Waals surface area (Å²) in [5.41, 5.74) is 20.1. The molecule has 2 aliphatic carbocycles. The molecule has 9 aromatic rings. The number of fused-ring (bicyclic) bond motifs is 9. The number of nitrogens with zero attached hydrogens (tertiary/aromatic N) is 2. The minimum Gasteiger partial charge on any atom is -0.310 e. The monoisotopic (exact) mass is 718 g/mol. The number of hydrogen-bond acceptors (Lipinski definition) is 1. The third-order valence-electron chi connectivity index (χ3n) is 12.7. The van der Waals surface area contributed by atoms with E-state index < -0.39 is 0 Å². The lowest BCUT2D eigenvalue weighted by molar-refractivity contribution is 0.640. The summed E-state index contributed by atoms with van der Waals surface area (Å²) >= 11 is 0. The van der Waals surface area contributed by atoms with Crippen molar-refractivity contribution in [2.45, 2.75) is 38.5 Å². The molecule has 56 heavy (non-hydrogen) atoms. The Bertz CT molecular complexity index is 2820. The van der Waals surface area contributed by atoms with Gasteiger partial charge in [0.05, 0.1) is 16.7 Å². The van der Waals surface area contributed by atoms with Crippen molar-refractivity contribution >= 4 is 38.9 Å². The fraction of sp³-hybridized carbons (Fsp3) is 0.111. The normalized spacial score (nSPS) is 14.4. The number of anilines is 3. The predicted molar refractivity (Wildman–Crippen MR) is 236 cm³/mol. The average Bonchev–Trinajstić information content (AvgIpc) is 3.79. The number of rotatable bonds is 5. The van der Waals surface area contributed by atoms with Crippen LogP contribution in [0.2, 0.25) is 0 Å². The van der Waals surface area contributed by atoms with Crippen LogP contribution in [0.4, 0.5) is 17.1 Å². The van der Waals surface area contributed by atoms with Gasteiger partial charge in [-0.05, 0) is 104 Å². The summed E-state index contributed by atoms with van der Waals surface area (Å²) < 4.78 is 2.42. The van der Waals surface area contributed by atoms with Gasteiger partial charge in [0, 0.05) is 38.7 Å². The molecule has 8 aromatic carbocycles. The van der Waals surface area contributed by atoms with Crippen LogP contribution in [-0.2, 0) is 10.8 Å². The van der Waals surface area contributed by atoms with E-state index in [-0.39, 0.29) is 10.8 Å². The van der Waals surface area contributed by atoms with Crippen molar-refractivity contribution in [2.75, 3.05) is 4.90 Å². The second kappa shape index (κ2) is 11.9. The summed E-state index contributed by atoms with van der Waals surface area (Å²) in [4.78, 5) is 2.55. The maximum Gasteiger partial charge on any atom is 0.0556 e. The summed E-state index contributed by atoms with van der Waals surface area (Å²) in [5.74, 6) is 0. The Morgan fingerprint density at radius 1 is 0.393 bits per heavy atom. The van der Waals surface area contributed by atoms with Gasteiger partial charge in [0.15, 0.2) is 0 Å². The first-order valence-corrected chi connectivity index (χ1v) is 19.8. The van der Waals surface area contributed by atoms with Gasteiger partial charge in [0.2, 0.25) is 0 Å². The van der Waals surface area contributed by atoms with Crippen LogP contribution in [0.1, 0.15) is 49.9 Å². The van der Waals surface area contributed by atoms with Crippen LogP contribution in [-0.4, -0.2) is 4.57 Å². The first kappa shape index (κ1) is 32.8. The fourth-order valence-corrected chi connectivity index (χ4v) is 10.3. The van der Waals surface area contributed by atoms with Crippen LogP contribution < -0.4 is 4.90 Å². The molecule has 0 radical (unpaired) electrons. The maximum atomic E-state index is 2.55. The highest BCUT2D eigenvalue weighted by atomic mass is 15.2. The summed E-state index contributed by atoms with van der Waals surface area (Å²) in [6, 6.07) is 67.2. The largest absolute Gasteiger partial charge is 0.310 e. The summed E-state index contributed by atoms with van der Waals surface area (Å²) in [7, 11) is 0. The Kier molecular flexibility index (Phi) is 6.98. The van der Waals surface area contributed by atoms with Crippen molar-refractivity contribution in [3.63, 3.8) is 0 Å². The van der Waals surface area contributed by atoms with E-state index in [1.807, 2.05) is 0 Å². The molecule has 2 nitrogen and oxygen atoms in total. The molecule has 1 heterocycles. The minimum absolute atomic E-state index is 0.277. The third-order valence-corrected chi connectivity index (χ3v) is 12.7. The number of aromatic nitrogens is 1. The summed E-state index contributed by atoms with van der Waals surface area (Å²) in [6.45, 7) is 9.75. The molecule has 0 N–H and O–H groups in total. The molecule has 0 atom stereocenters. The number of benzene rings is 8. The van der Waals surface area contributed by atoms with Gasteiger partial charge in [-0.3, -0.25) is 0 Å². The molecule has 1 aromatic heterocycles. The van der Waals surface area contributed by atoms with E-state index in [0.717, 1.165) is 17.1 Å². The standard InChI is InChI=1S/C54H42N2/c1-53(2)43-27-15-11-25-41(43)48-47(35-31-33-38(34-32-35)56-45-29-17-13-23-39(45)40-24-14-18-30-46(40)56)49-42-26-12-16-28-44(42)54(3,4)51(49)52(50(48)53)55(36-19-7-5-8-20-36)37-21-9-6-10-22-37/h5-34H,1-4H3. The Hall–Kier alpha value is -6.64. The Morgan fingerprint density at radius 2 is 0.804 bits per heavy atom. The summed E-state index contributed by atoms with van der Waals surface area (Å²) in [6.07, 6.45) is 0. The van der Waals surface area contributed by atoms with E-state index >= 15 is 0 Å². The Labute approximate surface area is 328 Å². The van der Waals surface area contributed by atoms with E-state index in [4.69, 9.17) is 0 Å². The van der Waals surface area contributed by atoms with Gasteiger partial charge in [0.25, 0.3) is 0 Å². The molecular weight excluding hydrogens is 677 g/mol. The highest BCUT2D eigenvalue weighted by Gasteiger charge is 2.48. The maximum absolute atomic E-state index is 2.55. The van der Waals surface area contributed by atoms with Gasteiger partial charge in [0.1, 0.15) is 0 Å². The first-order valence-electron chi connectivity index (χ1n) is 19.8. The summed E-state index contributed by atoms with van der Waals surface area (Å²) in [5, 5.41) is 2.55. The van der Waals surface area contributed by atoms with Crippen molar-refractivity contribution in [3.8, 4) is 39.1 Å². The van der Waals surface area contributed by atoms with Crippen LogP contribution in [0.25, 0.3) is 60.9 Å². The molecule has 2 heteroatoms. The molecule has 0 fully saturated rings. The second-order valence-corrected chi connectivity index (χ2v) is 16.5. The Morgan fingerprint density at radius 3 is 1.29 bits per heavy atom. The predicted octanol–water partition coefficient (Wildman–Crippen LogP) is 14.5. The molecule has 0 unspecified atom stereocenters. The molecule has 0 saturated heterocycles. The zero-order valence-corrected chi connectivity index (χ0v) is 32.2. The van der Waals surface area contributed by atoms with E-state index in [1.54, 1.807) is 0 Å². The van der Waals surface area contributed by atoms with Crippen LogP contribution in [0.15, 0.2) is 182 Å². The second-order valence-electron chi connectivity index (χ2n) is 16.5. The van der Waals surface area contributed by atoms with Gasteiger partial charge >= 0.3 is 0 Å². The lowest BCUT2D eigenvalue weighted by Gasteiger charge is -2.38. The Balaban J connectivity index is 1.27. The van der Waals surface area contributed by atoms with Gasteiger partial charge < -0.3 is 9.47 Å². The van der Waals surface area contributed by atoms with Crippen molar-refractivity contribution in [1.29, 1.82) is 0 Å². The number of hydrogen-bond donors (Lipinski definition) is 0. The zero-order valence-electron chi connectivity index (χ0n) is 32.2. The van der Waals surface area contributed by atoms with E-state index in [9.17, 15) is 0 Å². The van der Waals surface area contributed by atoms with Crippen molar-refractivity contribution in [3.05, 3.63) is 204 Å². The molecule has 0 aliphatic heterocycles. The molecule has 2 aliphatic rings. The van der Waals surface area contributed by atoms with Gasteiger partial charge in [-0.2, -0.15) is 0 Å². The number of para-hydroxylation sites is 4. The molecule has 268 valence electrons. The lowest BCUT2D eigenvalue weighted by Crippen LogP contribution is -2.26. The highest BCUT2D eigenvalue weighted by Crippen LogP contribution is 2.66. The van der Waals surface area contributed by atoms with Crippen LogP contribution in [0.3, 0.4) is 0 Å². The molecule has 11 rings (SSSR count). The van der Waals surface area contributed by atoms with Crippen LogP contribution in [0, 0.1) is 0 Å². The molecule has 0 saturated carbocycles. The van der Waals surface area contributed by atoms with Crippen LogP contribution >= 0.6 is 0 Å². The van der Waals surface area contributed by atoms with E-state index in [2.05, 4.69) is 219 Å². The lowest BCUT2D eigenvalue weighted by atomic mass is 9.73. The van der Waals surface area contributed by atoms with Gasteiger partial charge in [-0.15, -0.1) is 0 Å². The van der Waals surface area contributed by atoms with Crippen molar-refractivity contribution < 1.29 is 0 Å². The van der Waals surface area contributed by atoms with E-state index in [0.29, 0.717) is 0 Å². The molecule has 0 bridgehead atoms. The zero-order chi connectivity index (χ0) is 37.8. The van der Waals surface area contributed by atoms with E-state index in [1.165, 1.54) is 83.1 Å². The van der Waals surface area contributed by atoms with Crippen molar-refractivity contribution in [2.24, 2.45) is 0 Å². The molecule has 0 spiro atoms. The van der Waals surface area contributed by atoms with Crippen LogP contribution in [0.5, 0.6) is 0 Å². The smallest absolute Gasteiger partial charge is 0.0556 e. The molecule has 0 amide bonds.